The zero-order valence-corrected chi connectivity index (χ0v) is 46.2. The number of unbranched alkanes of at least 4 members (excludes halogenated alkanes) is 23. The Morgan fingerprint density at radius 1 is 0.296 bits per heavy atom. The van der Waals surface area contributed by atoms with Crippen molar-refractivity contribution in [3.8, 4) is 0 Å². The Hall–Kier alpha value is -3.93. The fourth-order valence-corrected chi connectivity index (χ4v) is 7.81. The molecule has 71 heavy (non-hydrogen) atoms. The van der Waals surface area contributed by atoms with Crippen LogP contribution in [0.3, 0.4) is 0 Å². The second-order valence-corrected chi connectivity index (χ2v) is 19.2. The summed E-state index contributed by atoms with van der Waals surface area (Å²) >= 11 is 0. The minimum atomic E-state index is -0.793. The molecule has 1 atom stereocenters. The lowest BCUT2D eigenvalue weighted by molar-refractivity contribution is -0.167. The molecule has 0 rings (SSSR count). The topological polar surface area (TPSA) is 78.9 Å². The van der Waals surface area contributed by atoms with Gasteiger partial charge in [-0.2, -0.15) is 0 Å². The number of carbonyl (C=O) groups excluding carboxylic acids is 3. The molecule has 0 radical (unpaired) electrons. The van der Waals surface area contributed by atoms with Crippen LogP contribution in [-0.2, 0) is 28.6 Å². The molecule has 6 heteroatoms. The minimum absolute atomic E-state index is 0.0915. The first-order valence-corrected chi connectivity index (χ1v) is 29.4. The molecule has 0 N–H and O–H groups in total. The molecule has 0 spiro atoms. The average molecular weight is 986 g/mol. The maximum atomic E-state index is 12.8. The summed E-state index contributed by atoms with van der Waals surface area (Å²) in [6, 6.07) is 0. The zero-order chi connectivity index (χ0) is 51.4. The third-order valence-corrected chi connectivity index (χ3v) is 12.2. The van der Waals surface area contributed by atoms with Gasteiger partial charge in [-0.1, -0.05) is 233 Å². The molecule has 0 aliphatic carbocycles. The van der Waals surface area contributed by atoms with Gasteiger partial charge in [0.2, 0.25) is 0 Å². The van der Waals surface area contributed by atoms with E-state index in [-0.39, 0.29) is 31.1 Å². The second-order valence-electron chi connectivity index (χ2n) is 19.2. The largest absolute Gasteiger partial charge is 0.462 e. The lowest BCUT2D eigenvalue weighted by atomic mass is 10.1. The van der Waals surface area contributed by atoms with Crippen LogP contribution in [0.15, 0.2) is 109 Å². The highest BCUT2D eigenvalue weighted by molar-refractivity contribution is 5.71. The van der Waals surface area contributed by atoms with Crippen LogP contribution < -0.4 is 0 Å². The Kier molecular flexibility index (Phi) is 55.4. The van der Waals surface area contributed by atoms with Crippen LogP contribution in [0.25, 0.3) is 0 Å². The van der Waals surface area contributed by atoms with Crippen molar-refractivity contribution in [1.82, 2.24) is 0 Å². The fourth-order valence-electron chi connectivity index (χ4n) is 7.81. The molecule has 0 aromatic rings. The second kappa shape index (κ2) is 58.6. The van der Waals surface area contributed by atoms with Crippen LogP contribution in [0.4, 0.5) is 0 Å². The van der Waals surface area contributed by atoms with Crippen molar-refractivity contribution in [3.63, 3.8) is 0 Å². The summed E-state index contributed by atoms with van der Waals surface area (Å²) in [5.74, 6) is -0.923. The molecule has 0 aliphatic rings. The van der Waals surface area contributed by atoms with Gasteiger partial charge in [-0.05, 0) is 122 Å². The standard InChI is InChI=1S/C65H108O6/c1-4-7-10-13-16-19-22-24-26-27-28-29-30-31-32-33-34-35-36-37-39-40-43-46-49-52-55-58-64(67)70-61-62(60-69-63(66)57-54-51-48-45-42-21-18-15-12-9-6-3)71-65(68)59-56-53-50-47-44-41-38-25-23-20-17-14-11-8-5-2/h7,10,15-20,24-26,28-29,31-32,34-35,38,62H,4-6,8-9,11-14,21-23,27,30,33,36-37,39-61H2,1-3H3/b10-7-,18-15-,19-16-,20-17-,26-24-,29-28-,32-31-,35-34-,38-25-. The van der Waals surface area contributed by atoms with Crippen molar-refractivity contribution in [1.29, 1.82) is 0 Å². The number of carbonyl (C=O) groups is 3. The molecule has 0 amide bonds. The number of allylic oxidation sites excluding steroid dienone is 18. The molecular formula is C65H108O6. The number of hydrogen-bond acceptors (Lipinski definition) is 6. The van der Waals surface area contributed by atoms with Gasteiger partial charge in [-0.15, -0.1) is 0 Å². The zero-order valence-electron chi connectivity index (χ0n) is 46.2. The van der Waals surface area contributed by atoms with Crippen molar-refractivity contribution in [3.05, 3.63) is 109 Å². The Balaban J connectivity index is 4.31. The highest BCUT2D eigenvalue weighted by Gasteiger charge is 2.19. The van der Waals surface area contributed by atoms with Crippen LogP contribution in [-0.4, -0.2) is 37.2 Å². The Morgan fingerprint density at radius 2 is 0.563 bits per heavy atom. The average Bonchev–Trinajstić information content (AvgIpc) is 3.37. The summed E-state index contributed by atoms with van der Waals surface area (Å²) in [6.07, 6.45) is 79.4. The molecule has 0 heterocycles. The predicted molar refractivity (Wildman–Crippen MR) is 307 cm³/mol. The molecule has 6 nitrogen and oxygen atoms in total. The van der Waals surface area contributed by atoms with E-state index in [1.807, 2.05) is 0 Å². The molecule has 0 fully saturated rings. The van der Waals surface area contributed by atoms with E-state index >= 15 is 0 Å². The maximum absolute atomic E-state index is 12.8. The monoisotopic (exact) mass is 985 g/mol. The molecule has 1 unspecified atom stereocenters. The number of rotatable bonds is 52. The minimum Gasteiger partial charge on any atom is -0.462 e. The van der Waals surface area contributed by atoms with E-state index in [9.17, 15) is 14.4 Å². The molecule has 404 valence electrons. The third kappa shape index (κ3) is 56.9. The molecule has 0 aliphatic heterocycles. The lowest BCUT2D eigenvalue weighted by Crippen LogP contribution is -2.30. The lowest BCUT2D eigenvalue weighted by Gasteiger charge is -2.18. The molecular weight excluding hydrogens is 877 g/mol. The number of ether oxygens (including phenoxy) is 3. The van der Waals surface area contributed by atoms with E-state index in [0.29, 0.717) is 19.3 Å². The van der Waals surface area contributed by atoms with Crippen LogP contribution in [0.1, 0.15) is 265 Å². The summed E-state index contributed by atoms with van der Waals surface area (Å²) in [5.41, 5.74) is 0. The highest BCUT2D eigenvalue weighted by Crippen LogP contribution is 2.14. The van der Waals surface area contributed by atoms with Crippen molar-refractivity contribution in [2.24, 2.45) is 0 Å². The Bertz CT molecular complexity index is 1460. The molecule has 0 saturated heterocycles. The van der Waals surface area contributed by atoms with E-state index < -0.39 is 6.10 Å². The van der Waals surface area contributed by atoms with E-state index in [2.05, 4.69) is 130 Å². The summed E-state index contributed by atoms with van der Waals surface area (Å²) in [4.78, 5) is 38.1. The third-order valence-electron chi connectivity index (χ3n) is 12.2. The van der Waals surface area contributed by atoms with E-state index in [4.69, 9.17) is 14.2 Å². The number of hydrogen-bond donors (Lipinski definition) is 0. The molecule has 0 saturated carbocycles. The smallest absolute Gasteiger partial charge is 0.306 e. The number of esters is 3. The first kappa shape index (κ1) is 67.1. The molecule has 0 aromatic carbocycles. The Morgan fingerprint density at radius 3 is 0.915 bits per heavy atom. The summed E-state index contributed by atoms with van der Waals surface area (Å²) in [5, 5.41) is 0. The summed E-state index contributed by atoms with van der Waals surface area (Å²) in [7, 11) is 0. The van der Waals surface area contributed by atoms with Crippen LogP contribution >= 0.6 is 0 Å². The van der Waals surface area contributed by atoms with Gasteiger partial charge in [0.05, 0.1) is 0 Å². The van der Waals surface area contributed by atoms with Gasteiger partial charge in [0.1, 0.15) is 13.2 Å². The van der Waals surface area contributed by atoms with Gasteiger partial charge in [-0.3, -0.25) is 14.4 Å². The van der Waals surface area contributed by atoms with Crippen molar-refractivity contribution in [2.75, 3.05) is 13.2 Å². The first-order chi connectivity index (χ1) is 35.0. The Labute approximate surface area is 438 Å². The predicted octanol–water partition coefficient (Wildman–Crippen LogP) is 19.9. The molecule has 0 bridgehead atoms. The van der Waals surface area contributed by atoms with Gasteiger partial charge >= 0.3 is 17.9 Å². The maximum Gasteiger partial charge on any atom is 0.306 e. The summed E-state index contributed by atoms with van der Waals surface area (Å²) in [6.45, 7) is 6.43. The quantitative estimate of drug-likeness (QED) is 0.0261. The van der Waals surface area contributed by atoms with Crippen molar-refractivity contribution >= 4 is 17.9 Å². The van der Waals surface area contributed by atoms with Crippen LogP contribution in [0.2, 0.25) is 0 Å². The van der Waals surface area contributed by atoms with Crippen molar-refractivity contribution < 1.29 is 28.6 Å². The first-order valence-electron chi connectivity index (χ1n) is 29.4. The summed E-state index contributed by atoms with van der Waals surface area (Å²) < 4.78 is 16.8. The van der Waals surface area contributed by atoms with E-state index in [1.165, 1.54) is 83.5 Å². The van der Waals surface area contributed by atoms with Gasteiger partial charge in [-0.25, -0.2) is 0 Å². The van der Waals surface area contributed by atoms with Crippen LogP contribution in [0.5, 0.6) is 0 Å². The highest BCUT2D eigenvalue weighted by atomic mass is 16.6. The van der Waals surface area contributed by atoms with Crippen molar-refractivity contribution in [2.45, 2.75) is 271 Å². The van der Waals surface area contributed by atoms with Crippen LogP contribution in [0, 0.1) is 0 Å². The van der Waals surface area contributed by atoms with E-state index in [1.54, 1.807) is 0 Å². The van der Waals surface area contributed by atoms with Gasteiger partial charge in [0, 0.05) is 19.3 Å². The SMILES string of the molecule is CC/C=C\C/C=C\C/C=C\C/C=C\C/C=C\C/C=C\CCCCCCCCCCC(=O)OCC(COC(=O)CCCCCCC/C=C\CCCC)OC(=O)CCCCCCC/C=C\C/C=C\CCCCC. The fraction of sp³-hybridized carbons (Fsp3) is 0.677. The van der Waals surface area contributed by atoms with Gasteiger partial charge in [0.25, 0.3) is 0 Å². The molecule has 0 aromatic heterocycles. The normalized spacial score (nSPS) is 12.9. The van der Waals surface area contributed by atoms with E-state index in [0.717, 1.165) is 141 Å². The van der Waals surface area contributed by atoms with Gasteiger partial charge < -0.3 is 14.2 Å². The van der Waals surface area contributed by atoms with Gasteiger partial charge in [0.15, 0.2) is 6.10 Å².